The average molecular weight is 368 g/mol. The summed E-state index contributed by atoms with van der Waals surface area (Å²) < 4.78 is 43.3. The molecule has 0 amide bonds. The second kappa shape index (κ2) is 8.55. The zero-order chi connectivity index (χ0) is 19.2. The van der Waals surface area contributed by atoms with Crippen molar-refractivity contribution < 1.29 is 27.8 Å². The van der Waals surface area contributed by atoms with Crippen molar-refractivity contribution >= 4 is 11.8 Å². The molecule has 0 aliphatic heterocycles. The van der Waals surface area contributed by atoms with E-state index in [0.717, 1.165) is 17.7 Å². The Kier molecular flexibility index (Phi) is 6.43. The van der Waals surface area contributed by atoms with Crippen molar-refractivity contribution in [3.05, 3.63) is 53.2 Å². The van der Waals surface area contributed by atoms with Crippen LogP contribution in [-0.4, -0.2) is 22.7 Å². The fraction of sp³-hybridized carbons (Fsp3) is 0.333. The molecular formula is C18H19F3N2O3. The number of carboxylic acid groups (broad SMARTS) is 1. The number of aliphatic carboxylic acids is 1. The van der Waals surface area contributed by atoms with Crippen LogP contribution < -0.4 is 10.1 Å². The smallest absolute Gasteiger partial charge is 0.416 e. The topological polar surface area (TPSA) is 71.5 Å². The Balaban J connectivity index is 2.06. The molecule has 2 aromatic rings. The van der Waals surface area contributed by atoms with Crippen LogP contribution in [0.15, 0.2) is 36.5 Å². The summed E-state index contributed by atoms with van der Waals surface area (Å²) in [5.74, 6) is 0.0283. The van der Waals surface area contributed by atoms with Gasteiger partial charge in [0.05, 0.1) is 12.2 Å². The van der Waals surface area contributed by atoms with Crippen molar-refractivity contribution in [2.75, 3.05) is 11.9 Å². The maximum atomic E-state index is 12.6. The number of anilines is 1. The van der Waals surface area contributed by atoms with Gasteiger partial charge in [0.25, 0.3) is 0 Å². The minimum atomic E-state index is -4.36. The number of ether oxygens (including phenoxy) is 1. The van der Waals surface area contributed by atoms with Gasteiger partial charge >= 0.3 is 12.1 Å². The molecule has 1 aromatic carbocycles. The largest absolute Gasteiger partial charge is 0.490 e. The Morgan fingerprint density at radius 1 is 1.23 bits per heavy atom. The first-order valence-corrected chi connectivity index (χ1v) is 8.03. The van der Waals surface area contributed by atoms with Gasteiger partial charge in [0.1, 0.15) is 0 Å². The Labute approximate surface area is 148 Å². The molecule has 5 nitrogen and oxygen atoms in total. The number of aryl methyl sites for hydroxylation is 1. The maximum absolute atomic E-state index is 12.6. The van der Waals surface area contributed by atoms with Crippen molar-refractivity contribution in [2.45, 2.75) is 32.5 Å². The van der Waals surface area contributed by atoms with E-state index in [4.69, 9.17) is 9.84 Å². The number of carbonyl (C=O) groups is 1. The number of alkyl halides is 3. The van der Waals surface area contributed by atoms with E-state index >= 15 is 0 Å². The van der Waals surface area contributed by atoms with E-state index in [1.165, 1.54) is 12.1 Å². The Morgan fingerprint density at radius 2 is 1.92 bits per heavy atom. The van der Waals surface area contributed by atoms with Gasteiger partial charge in [-0.3, -0.25) is 4.79 Å². The molecule has 0 saturated carbocycles. The predicted molar refractivity (Wildman–Crippen MR) is 90.1 cm³/mol. The van der Waals surface area contributed by atoms with Gasteiger partial charge in [0.15, 0.2) is 11.6 Å². The first-order valence-electron chi connectivity index (χ1n) is 8.03. The minimum Gasteiger partial charge on any atom is -0.490 e. The van der Waals surface area contributed by atoms with Crippen molar-refractivity contribution in [1.82, 2.24) is 4.98 Å². The lowest BCUT2D eigenvalue weighted by Crippen LogP contribution is -2.07. The van der Waals surface area contributed by atoms with Crippen molar-refractivity contribution in [3.8, 4) is 5.75 Å². The van der Waals surface area contributed by atoms with Crippen molar-refractivity contribution in [3.63, 3.8) is 0 Å². The average Bonchev–Trinajstić information content (AvgIpc) is 2.59. The maximum Gasteiger partial charge on any atom is 0.416 e. The van der Waals surface area contributed by atoms with E-state index in [9.17, 15) is 18.0 Å². The van der Waals surface area contributed by atoms with Crippen LogP contribution in [0, 0.1) is 0 Å². The van der Waals surface area contributed by atoms with E-state index in [-0.39, 0.29) is 13.0 Å². The Bertz CT molecular complexity index is 746. The summed E-state index contributed by atoms with van der Waals surface area (Å²) in [7, 11) is 0. The first-order chi connectivity index (χ1) is 12.3. The van der Waals surface area contributed by atoms with Crippen molar-refractivity contribution in [2.24, 2.45) is 0 Å². The number of hydrogen-bond acceptors (Lipinski definition) is 4. The van der Waals surface area contributed by atoms with Crippen LogP contribution in [0.4, 0.5) is 19.0 Å². The molecule has 0 fully saturated rings. The molecule has 0 saturated heterocycles. The zero-order valence-electron chi connectivity index (χ0n) is 14.1. The molecular weight excluding hydrogens is 349 g/mol. The fourth-order valence-corrected chi connectivity index (χ4v) is 2.27. The predicted octanol–water partition coefficient (Wildman–Crippen LogP) is 4.13. The summed E-state index contributed by atoms with van der Waals surface area (Å²) in [4.78, 5) is 14.9. The van der Waals surface area contributed by atoms with Gasteiger partial charge < -0.3 is 15.2 Å². The van der Waals surface area contributed by atoms with E-state index in [2.05, 4.69) is 10.3 Å². The molecule has 0 atom stereocenters. The SMILES string of the molecule is CCOc1cc(CCC(=O)O)cnc1NCc1ccc(C(F)(F)F)cc1. The summed E-state index contributed by atoms with van der Waals surface area (Å²) >= 11 is 0. The highest BCUT2D eigenvalue weighted by Gasteiger charge is 2.29. The molecule has 0 spiro atoms. The third kappa shape index (κ3) is 5.65. The van der Waals surface area contributed by atoms with Gasteiger partial charge in [-0.25, -0.2) is 4.98 Å². The molecule has 0 unspecified atom stereocenters. The molecule has 0 radical (unpaired) electrons. The van der Waals surface area contributed by atoms with Crippen molar-refractivity contribution in [1.29, 1.82) is 0 Å². The Morgan fingerprint density at radius 3 is 2.50 bits per heavy atom. The molecule has 1 heterocycles. The number of rotatable bonds is 8. The van der Waals surface area contributed by atoms with Crippen LogP contribution in [0.2, 0.25) is 0 Å². The van der Waals surface area contributed by atoms with Crippen LogP contribution in [0.25, 0.3) is 0 Å². The lowest BCUT2D eigenvalue weighted by molar-refractivity contribution is -0.138. The summed E-state index contributed by atoms with van der Waals surface area (Å²) in [6, 6.07) is 6.58. The number of pyridine rings is 1. The zero-order valence-corrected chi connectivity index (χ0v) is 14.1. The number of nitrogens with one attached hydrogen (secondary N) is 1. The summed E-state index contributed by atoms with van der Waals surface area (Å²) in [6.07, 6.45) is -2.48. The molecule has 0 aliphatic rings. The Hall–Kier alpha value is -2.77. The third-order valence-corrected chi connectivity index (χ3v) is 3.58. The van der Waals surface area contributed by atoms with E-state index in [0.29, 0.717) is 30.2 Å². The van der Waals surface area contributed by atoms with Gasteiger partial charge in [-0.05, 0) is 42.7 Å². The second-order valence-electron chi connectivity index (χ2n) is 5.57. The van der Waals surface area contributed by atoms with Gasteiger partial charge in [0, 0.05) is 19.2 Å². The molecule has 0 bridgehead atoms. The van der Waals surface area contributed by atoms with Crippen LogP contribution >= 0.6 is 0 Å². The monoisotopic (exact) mass is 368 g/mol. The fourth-order valence-electron chi connectivity index (χ4n) is 2.27. The van der Waals surface area contributed by atoms with E-state index in [1.807, 2.05) is 6.92 Å². The number of nitrogens with zero attached hydrogens (tertiary/aromatic N) is 1. The molecule has 8 heteroatoms. The second-order valence-corrected chi connectivity index (χ2v) is 5.57. The molecule has 26 heavy (non-hydrogen) atoms. The van der Waals surface area contributed by atoms with Gasteiger partial charge in [-0.2, -0.15) is 13.2 Å². The lowest BCUT2D eigenvalue weighted by Gasteiger charge is -2.13. The number of benzene rings is 1. The van der Waals surface area contributed by atoms with Crippen LogP contribution in [0.1, 0.15) is 30.0 Å². The minimum absolute atomic E-state index is 0.00836. The summed E-state index contributed by atoms with van der Waals surface area (Å²) in [5, 5.41) is 11.8. The van der Waals surface area contributed by atoms with E-state index < -0.39 is 17.7 Å². The summed E-state index contributed by atoms with van der Waals surface area (Å²) in [5.41, 5.74) is 0.699. The molecule has 0 aliphatic carbocycles. The van der Waals surface area contributed by atoms with Crippen LogP contribution in [0.3, 0.4) is 0 Å². The highest BCUT2D eigenvalue weighted by molar-refractivity contribution is 5.67. The van der Waals surface area contributed by atoms with Gasteiger partial charge in [0.2, 0.25) is 0 Å². The quantitative estimate of drug-likeness (QED) is 0.733. The van der Waals surface area contributed by atoms with Gasteiger partial charge in [-0.1, -0.05) is 12.1 Å². The normalized spacial score (nSPS) is 11.2. The third-order valence-electron chi connectivity index (χ3n) is 3.58. The molecule has 2 rings (SSSR count). The number of hydrogen-bond donors (Lipinski definition) is 2. The standard InChI is InChI=1S/C18H19F3N2O3/c1-2-26-15-9-13(5-8-16(24)25)11-23-17(15)22-10-12-3-6-14(7-4-12)18(19,20)21/h3-4,6-7,9,11H,2,5,8,10H2,1H3,(H,22,23)(H,24,25). The number of halogens is 3. The highest BCUT2D eigenvalue weighted by Crippen LogP contribution is 2.29. The van der Waals surface area contributed by atoms with E-state index in [1.54, 1.807) is 12.3 Å². The van der Waals surface area contributed by atoms with Crippen LogP contribution in [-0.2, 0) is 23.9 Å². The highest BCUT2D eigenvalue weighted by atomic mass is 19.4. The van der Waals surface area contributed by atoms with Gasteiger partial charge in [-0.15, -0.1) is 0 Å². The molecule has 140 valence electrons. The summed E-state index contributed by atoms with van der Waals surface area (Å²) in [6.45, 7) is 2.49. The first kappa shape index (κ1) is 19.6. The molecule has 1 aromatic heterocycles. The van der Waals surface area contributed by atoms with Crippen LogP contribution in [0.5, 0.6) is 5.75 Å². The number of aromatic nitrogens is 1. The molecule has 2 N–H and O–H groups in total. The number of carboxylic acids is 1. The lowest BCUT2D eigenvalue weighted by atomic mass is 10.1.